The van der Waals surface area contributed by atoms with E-state index in [4.69, 9.17) is 9.47 Å². The van der Waals surface area contributed by atoms with E-state index in [-0.39, 0.29) is 35.5 Å². The number of aliphatic hydroxyl groups is 1. The maximum absolute atomic E-state index is 13.2. The van der Waals surface area contributed by atoms with Crippen molar-refractivity contribution in [1.82, 2.24) is 9.80 Å². The Morgan fingerprint density at radius 1 is 1.26 bits per heavy atom. The van der Waals surface area contributed by atoms with Gasteiger partial charge in [-0.05, 0) is 78.4 Å². The smallest absolute Gasteiger partial charge is 0.295 e. The number of ketones is 1. The highest BCUT2D eigenvalue weighted by atomic mass is 79.9. The molecule has 0 unspecified atom stereocenters. The van der Waals surface area contributed by atoms with Crippen molar-refractivity contribution in [1.29, 1.82) is 0 Å². The molecule has 0 aromatic heterocycles. The van der Waals surface area contributed by atoms with Gasteiger partial charge in [0, 0.05) is 25.1 Å². The number of likely N-dealkylation sites (tertiary alicyclic amines) is 1. The number of benzene rings is 2. The molecule has 2 aliphatic heterocycles. The van der Waals surface area contributed by atoms with E-state index in [2.05, 4.69) is 15.9 Å². The zero-order chi connectivity index (χ0) is 24.7. The van der Waals surface area contributed by atoms with E-state index in [1.165, 1.54) is 12.0 Å². The quantitative estimate of drug-likeness (QED) is 0.335. The fourth-order valence-electron chi connectivity index (χ4n) is 4.40. The van der Waals surface area contributed by atoms with Crippen LogP contribution in [0.15, 0.2) is 40.4 Å². The van der Waals surface area contributed by atoms with Gasteiger partial charge in [0.1, 0.15) is 17.6 Å². The van der Waals surface area contributed by atoms with E-state index in [0.29, 0.717) is 28.6 Å². The molecule has 0 saturated carbocycles. The Morgan fingerprint density at radius 3 is 2.68 bits per heavy atom. The first-order valence-corrected chi connectivity index (χ1v) is 11.7. The number of fused-ring (bicyclic) bond motifs is 1. The van der Waals surface area contributed by atoms with E-state index in [0.717, 1.165) is 11.3 Å². The minimum absolute atomic E-state index is 0.00434. The summed E-state index contributed by atoms with van der Waals surface area (Å²) in [7, 11) is 5.17. The van der Waals surface area contributed by atoms with Crippen LogP contribution >= 0.6 is 15.9 Å². The second-order valence-corrected chi connectivity index (χ2v) is 9.66. The van der Waals surface area contributed by atoms with Crippen LogP contribution in [0.25, 0.3) is 5.76 Å². The number of phenolic OH excluding ortho intramolecular Hbond substituents is 1. The highest BCUT2D eigenvalue weighted by Crippen LogP contribution is 2.44. The lowest BCUT2D eigenvalue weighted by Crippen LogP contribution is -2.35. The lowest BCUT2D eigenvalue weighted by Gasteiger charge is -2.27. The number of phenols is 1. The number of ether oxygens (including phenoxy) is 2. The van der Waals surface area contributed by atoms with Crippen molar-refractivity contribution in [3.63, 3.8) is 0 Å². The predicted octanol–water partition coefficient (Wildman–Crippen LogP) is 3.47. The van der Waals surface area contributed by atoms with Crippen molar-refractivity contribution in [3.05, 3.63) is 57.1 Å². The van der Waals surface area contributed by atoms with Gasteiger partial charge in [0.05, 0.1) is 23.2 Å². The number of carbonyl (C=O) groups is 2. The van der Waals surface area contributed by atoms with Gasteiger partial charge in [-0.25, -0.2) is 0 Å². The normalized spacial score (nSPS) is 21.2. The molecule has 0 spiro atoms. The molecule has 2 aliphatic rings. The summed E-state index contributed by atoms with van der Waals surface area (Å²) in [6.07, 6.45) is 0.727. The zero-order valence-electron chi connectivity index (χ0n) is 19.5. The first kappa shape index (κ1) is 24.1. The molecule has 180 valence electrons. The molecule has 2 atom stereocenters. The minimum Gasteiger partial charge on any atom is -0.507 e. The highest BCUT2D eigenvalue weighted by Gasteiger charge is 2.46. The van der Waals surface area contributed by atoms with E-state index in [1.54, 1.807) is 30.3 Å². The standard InChI is InChI=1S/C25H27BrN2O6/c1-13-9-15-10-14(5-6-18(15)34-13)22(29)20-21(16-11-17(26)23(30)19(12-16)33-4)28(8-7-27(2)3)25(32)24(20)31/h5-6,10-13,21,29-30H,7-9H2,1-4H3/t13-,21-/m0/s1. The second-order valence-electron chi connectivity index (χ2n) is 8.80. The monoisotopic (exact) mass is 530 g/mol. The van der Waals surface area contributed by atoms with Gasteiger partial charge in [-0.3, -0.25) is 9.59 Å². The van der Waals surface area contributed by atoms with Crippen molar-refractivity contribution in [2.24, 2.45) is 0 Å². The predicted molar refractivity (Wildman–Crippen MR) is 130 cm³/mol. The summed E-state index contributed by atoms with van der Waals surface area (Å²) in [4.78, 5) is 29.7. The third-order valence-electron chi connectivity index (χ3n) is 6.08. The van der Waals surface area contributed by atoms with Gasteiger partial charge in [0.25, 0.3) is 11.7 Å². The molecule has 0 aliphatic carbocycles. The van der Waals surface area contributed by atoms with Gasteiger partial charge in [-0.1, -0.05) is 0 Å². The molecule has 1 amide bonds. The van der Waals surface area contributed by atoms with Gasteiger partial charge >= 0.3 is 0 Å². The number of hydrogen-bond donors (Lipinski definition) is 2. The van der Waals surface area contributed by atoms with Gasteiger partial charge in [-0.15, -0.1) is 0 Å². The van der Waals surface area contributed by atoms with Crippen LogP contribution in [0.4, 0.5) is 0 Å². The van der Waals surface area contributed by atoms with Crippen LogP contribution in [0, 0.1) is 0 Å². The molecule has 8 nitrogen and oxygen atoms in total. The Morgan fingerprint density at radius 2 is 2.00 bits per heavy atom. The van der Waals surface area contributed by atoms with Crippen LogP contribution in [0.1, 0.15) is 29.7 Å². The molecule has 0 radical (unpaired) electrons. The van der Waals surface area contributed by atoms with Gasteiger partial charge < -0.3 is 29.5 Å². The lowest BCUT2D eigenvalue weighted by molar-refractivity contribution is -0.140. The third-order valence-corrected chi connectivity index (χ3v) is 6.69. The number of nitrogens with zero attached hydrogens (tertiary/aromatic N) is 2. The van der Waals surface area contributed by atoms with Gasteiger partial charge in [0.15, 0.2) is 11.5 Å². The van der Waals surface area contributed by atoms with Gasteiger partial charge in [-0.2, -0.15) is 0 Å². The van der Waals surface area contributed by atoms with Crippen LogP contribution in [-0.4, -0.2) is 72.1 Å². The van der Waals surface area contributed by atoms with Crippen molar-refractivity contribution < 1.29 is 29.3 Å². The first-order valence-electron chi connectivity index (χ1n) is 10.9. The molecule has 2 N–H and O–H groups in total. The zero-order valence-corrected chi connectivity index (χ0v) is 21.0. The summed E-state index contributed by atoms with van der Waals surface area (Å²) in [5.41, 5.74) is 1.90. The molecule has 2 aromatic carbocycles. The fraction of sp³-hybridized carbons (Fsp3) is 0.360. The van der Waals surface area contributed by atoms with Crippen molar-refractivity contribution >= 4 is 33.4 Å². The number of aromatic hydroxyl groups is 1. The Labute approximate surface area is 206 Å². The number of amides is 1. The molecule has 1 saturated heterocycles. The Hall–Kier alpha value is -3.04. The van der Waals surface area contributed by atoms with Crippen molar-refractivity contribution in [3.8, 4) is 17.2 Å². The largest absolute Gasteiger partial charge is 0.507 e. The number of aliphatic hydroxyl groups excluding tert-OH is 1. The summed E-state index contributed by atoms with van der Waals surface area (Å²) in [5, 5.41) is 21.6. The molecule has 4 rings (SSSR count). The fourth-order valence-corrected chi connectivity index (χ4v) is 4.86. The summed E-state index contributed by atoms with van der Waals surface area (Å²) in [5.74, 6) is -0.847. The first-order chi connectivity index (χ1) is 16.1. The summed E-state index contributed by atoms with van der Waals surface area (Å²) < 4.78 is 11.4. The van der Waals surface area contributed by atoms with Crippen LogP contribution in [-0.2, 0) is 16.0 Å². The number of halogens is 1. The molecule has 2 aromatic rings. The number of rotatable bonds is 6. The molecule has 0 bridgehead atoms. The molecular weight excluding hydrogens is 504 g/mol. The van der Waals surface area contributed by atoms with E-state index >= 15 is 0 Å². The van der Waals surface area contributed by atoms with Crippen LogP contribution in [0.5, 0.6) is 17.2 Å². The van der Waals surface area contributed by atoms with Crippen molar-refractivity contribution in [2.45, 2.75) is 25.5 Å². The summed E-state index contributed by atoms with van der Waals surface area (Å²) in [6.45, 7) is 2.76. The number of carbonyl (C=O) groups excluding carboxylic acids is 2. The maximum Gasteiger partial charge on any atom is 0.295 e. The maximum atomic E-state index is 13.2. The second kappa shape index (κ2) is 9.31. The Bertz CT molecular complexity index is 1190. The minimum atomic E-state index is -0.853. The summed E-state index contributed by atoms with van der Waals surface area (Å²) in [6, 6.07) is 7.60. The SMILES string of the molecule is COc1cc([C@H]2C(=C(O)c3ccc4c(c3)C[C@H](C)O4)C(=O)C(=O)N2CCN(C)C)cc(Br)c1O. The number of methoxy groups -OCH3 is 1. The molecule has 1 fully saturated rings. The number of Topliss-reactive ketones (excluding diaryl/α,β-unsaturated/α-hetero) is 1. The van der Waals surface area contributed by atoms with Crippen molar-refractivity contribution in [2.75, 3.05) is 34.3 Å². The van der Waals surface area contributed by atoms with Crippen LogP contribution in [0.3, 0.4) is 0 Å². The Balaban J connectivity index is 1.87. The topological polar surface area (TPSA) is 99.5 Å². The average molecular weight is 531 g/mol. The lowest BCUT2D eigenvalue weighted by atomic mass is 9.94. The molecule has 34 heavy (non-hydrogen) atoms. The number of hydrogen-bond acceptors (Lipinski definition) is 7. The molecular formula is C25H27BrN2O6. The van der Waals surface area contributed by atoms with Crippen LogP contribution < -0.4 is 9.47 Å². The number of likely N-dealkylation sites (N-methyl/N-ethyl adjacent to an activating group) is 1. The van der Waals surface area contributed by atoms with E-state index < -0.39 is 17.7 Å². The highest BCUT2D eigenvalue weighted by molar-refractivity contribution is 9.10. The van der Waals surface area contributed by atoms with E-state index in [1.807, 2.05) is 25.9 Å². The Kier molecular flexibility index (Phi) is 6.60. The third kappa shape index (κ3) is 4.25. The molecule has 9 heteroatoms. The van der Waals surface area contributed by atoms with Gasteiger partial charge in [0.2, 0.25) is 0 Å². The average Bonchev–Trinajstić information content (AvgIpc) is 3.29. The van der Waals surface area contributed by atoms with E-state index in [9.17, 15) is 19.8 Å². The summed E-state index contributed by atoms with van der Waals surface area (Å²) >= 11 is 3.32. The van der Waals surface area contributed by atoms with Crippen LogP contribution in [0.2, 0.25) is 0 Å². The molecule has 2 heterocycles.